The molecule has 4 rings (SSSR count). The molecule has 0 fully saturated rings. The van der Waals surface area contributed by atoms with Crippen molar-refractivity contribution in [3.63, 3.8) is 0 Å². The van der Waals surface area contributed by atoms with E-state index in [0.717, 1.165) is 11.1 Å². The SMILES string of the molecule is O=C(Cn1ccc(=O)c2ccccc21)Nc1cccc(-c2cnco2)c1. The van der Waals surface area contributed by atoms with Crippen molar-refractivity contribution in [2.24, 2.45) is 0 Å². The number of anilines is 1. The number of amides is 1. The zero-order chi connectivity index (χ0) is 17.9. The Balaban J connectivity index is 1.56. The molecule has 0 spiro atoms. The van der Waals surface area contributed by atoms with Gasteiger partial charge in [0.25, 0.3) is 0 Å². The van der Waals surface area contributed by atoms with Gasteiger partial charge >= 0.3 is 0 Å². The van der Waals surface area contributed by atoms with E-state index in [0.29, 0.717) is 16.8 Å². The highest BCUT2D eigenvalue weighted by Crippen LogP contribution is 2.22. The number of nitrogens with zero attached hydrogens (tertiary/aromatic N) is 2. The summed E-state index contributed by atoms with van der Waals surface area (Å²) in [4.78, 5) is 28.3. The first-order chi connectivity index (χ1) is 12.7. The molecule has 0 aliphatic rings. The fraction of sp³-hybridized carbons (Fsp3) is 0.0500. The van der Waals surface area contributed by atoms with Crippen molar-refractivity contribution in [2.75, 3.05) is 5.32 Å². The molecule has 6 heteroatoms. The van der Waals surface area contributed by atoms with Gasteiger partial charge in [0, 0.05) is 28.9 Å². The maximum Gasteiger partial charge on any atom is 0.244 e. The molecule has 0 saturated carbocycles. The fourth-order valence-corrected chi connectivity index (χ4v) is 2.86. The molecule has 0 aliphatic carbocycles. The van der Waals surface area contributed by atoms with Crippen molar-refractivity contribution < 1.29 is 9.21 Å². The lowest BCUT2D eigenvalue weighted by Crippen LogP contribution is -2.20. The number of nitrogens with one attached hydrogen (secondary N) is 1. The van der Waals surface area contributed by atoms with Gasteiger partial charge in [0.1, 0.15) is 6.54 Å². The summed E-state index contributed by atoms with van der Waals surface area (Å²) in [6.07, 6.45) is 4.62. The smallest absolute Gasteiger partial charge is 0.244 e. The van der Waals surface area contributed by atoms with Crippen LogP contribution in [0.15, 0.2) is 82.6 Å². The van der Waals surface area contributed by atoms with Crippen molar-refractivity contribution in [1.82, 2.24) is 9.55 Å². The lowest BCUT2D eigenvalue weighted by Gasteiger charge is -2.11. The van der Waals surface area contributed by atoms with E-state index < -0.39 is 0 Å². The number of hydrogen-bond donors (Lipinski definition) is 1. The first kappa shape index (κ1) is 15.8. The van der Waals surface area contributed by atoms with Gasteiger partial charge in [-0.25, -0.2) is 4.98 Å². The summed E-state index contributed by atoms with van der Waals surface area (Å²) in [6, 6.07) is 16.1. The van der Waals surface area contributed by atoms with Crippen LogP contribution >= 0.6 is 0 Å². The molecular formula is C20H15N3O3. The third-order valence-corrected chi connectivity index (χ3v) is 4.06. The number of fused-ring (bicyclic) bond motifs is 1. The summed E-state index contributed by atoms with van der Waals surface area (Å²) in [5.74, 6) is 0.445. The van der Waals surface area contributed by atoms with Crippen LogP contribution in [0, 0.1) is 0 Å². The van der Waals surface area contributed by atoms with Crippen LogP contribution in [0.2, 0.25) is 0 Å². The van der Waals surface area contributed by atoms with E-state index in [2.05, 4.69) is 10.3 Å². The van der Waals surface area contributed by atoms with E-state index in [1.54, 1.807) is 29.1 Å². The van der Waals surface area contributed by atoms with Crippen molar-refractivity contribution in [3.8, 4) is 11.3 Å². The average molecular weight is 345 g/mol. The number of benzene rings is 2. The van der Waals surface area contributed by atoms with Gasteiger partial charge in [0.2, 0.25) is 5.91 Å². The monoisotopic (exact) mass is 345 g/mol. The number of carbonyl (C=O) groups excluding carboxylic acids is 1. The Morgan fingerprint density at radius 1 is 1.12 bits per heavy atom. The second-order valence-corrected chi connectivity index (χ2v) is 5.82. The number of hydrogen-bond acceptors (Lipinski definition) is 4. The number of aromatic nitrogens is 2. The highest BCUT2D eigenvalue weighted by Gasteiger charge is 2.08. The summed E-state index contributed by atoms with van der Waals surface area (Å²) >= 11 is 0. The van der Waals surface area contributed by atoms with Gasteiger partial charge < -0.3 is 14.3 Å². The van der Waals surface area contributed by atoms with Crippen LogP contribution < -0.4 is 10.7 Å². The lowest BCUT2D eigenvalue weighted by atomic mass is 10.1. The molecule has 0 bridgehead atoms. The molecule has 0 saturated heterocycles. The number of carbonyl (C=O) groups is 1. The zero-order valence-corrected chi connectivity index (χ0v) is 13.8. The highest BCUT2D eigenvalue weighted by molar-refractivity contribution is 5.92. The third-order valence-electron chi connectivity index (χ3n) is 4.06. The van der Waals surface area contributed by atoms with Gasteiger partial charge in [-0.05, 0) is 24.3 Å². The molecule has 128 valence electrons. The summed E-state index contributed by atoms with van der Waals surface area (Å²) in [6.45, 7) is 0.104. The normalized spacial score (nSPS) is 10.8. The van der Waals surface area contributed by atoms with Crippen LogP contribution in [0.4, 0.5) is 5.69 Å². The van der Waals surface area contributed by atoms with Crippen LogP contribution in [0.1, 0.15) is 0 Å². The van der Waals surface area contributed by atoms with Crippen LogP contribution in [0.3, 0.4) is 0 Å². The van der Waals surface area contributed by atoms with Crippen molar-refractivity contribution in [3.05, 3.63) is 83.6 Å². The van der Waals surface area contributed by atoms with Crippen molar-refractivity contribution >= 4 is 22.5 Å². The predicted molar refractivity (Wildman–Crippen MR) is 98.8 cm³/mol. The molecular weight excluding hydrogens is 330 g/mol. The number of rotatable bonds is 4. The standard InChI is InChI=1S/C20H15N3O3/c24-18-8-9-23(17-7-2-1-6-16(17)18)12-20(25)22-15-5-3-4-14(10-15)19-11-21-13-26-19/h1-11,13H,12H2,(H,22,25). The number of pyridine rings is 1. The largest absolute Gasteiger partial charge is 0.444 e. The van der Waals surface area contributed by atoms with E-state index in [-0.39, 0.29) is 17.9 Å². The molecule has 26 heavy (non-hydrogen) atoms. The molecule has 0 atom stereocenters. The Morgan fingerprint density at radius 3 is 2.85 bits per heavy atom. The fourth-order valence-electron chi connectivity index (χ4n) is 2.86. The Labute approximate surface area is 148 Å². The average Bonchev–Trinajstić information content (AvgIpc) is 3.19. The van der Waals surface area contributed by atoms with Gasteiger partial charge in [-0.1, -0.05) is 24.3 Å². The Hall–Kier alpha value is -3.67. The first-order valence-corrected chi connectivity index (χ1v) is 8.08. The van der Waals surface area contributed by atoms with E-state index >= 15 is 0 Å². The van der Waals surface area contributed by atoms with E-state index in [9.17, 15) is 9.59 Å². The molecule has 4 aromatic rings. The van der Waals surface area contributed by atoms with E-state index in [1.807, 2.05) is 36.4 Å². The summed E-state index contributed by atoms with van der Waals surface area (Å²) in [5, 5.41) is 3.46. The minimum absolute atomic E-state index is 0.0583. The van der Waals surface area contributed by atoms with Crippen LogP contribution in [-0.2, 0) is 11.3 Å². The molecule has 0 radical (unpaired) electrons. The molecule has 1 N–H and O–H groups in total. The van der Waals surface area contributed by atoms with E-state index in [4.69, 9.17) is 4.42 Å². The van der Waals surface area contributed by atoms with Gasteiger partial charge in [0.05, 0.1) is 11.7 Å². The summed E-state index contributed by atoms with van der Waals surface area (Å²) in [7, 11) is 0. The molecule has 0 aliphatic heterocycles. The van der Waals surface area contributed by atoms with E-state index in [1.165, 1.54) is 12.5 Å². The first-order valence-electron chi connectivity index (χ1n) is 8.08. The molecule has 6 nitrogen and oxygen atoms in total. The molecule has 2 aromatic heterocycles. The van der Waals surface area contributed by atoms with Gasteiger partial charge in [0.15, 0.2) is 17.6 Å². The lowest BCUT2D eigenvalue weighted by molar-refractivity contribution is -0.116. The van der Waals surface area contributed by atoms with Crippen LogP contribution in [0.25, 0.3) is 22.2 Å². The van der Waals surface area contributed by atoms with Crippen molar-refractivity contribution in [1.29, 1.82) is 0 Å². The van der Waals surface area contributed by atoms with Gasteiger partial charge in [-0.3, -0.25) is 9.59 Å². The second-order valence-electron chi connectivity index (χ2n) is 5.82. The minimum Gasteiger partial charge on any atom is -0.444 e. The molecule has 2 heterocycles. The highest BCUT2D eigenvalue weighted by atomic mass is 16.3. The number of para-hydroxylation sites is 1. The zero-order valence-electron chi connectivity index (χ0n) is 13.8. The Morgan fingerprint density at radius 2 is 2.00 bits per heavy atom. The maximum atomic E-state index is 12.5. The summed E-state index contributed by atoms with van der Waals surface area (Å²) in [5.41, 5.74) is 2.16. The van der Waals surface area contributed by atoms with Gasteiger partial charge in [-0.15, -0.1) is 0 Å². The van der Waals surface area contributed by atoms with Crippen LogP contribution in [0.5, 0.6) is 0 Å². The second kappa shape index (κ2) is 6.68. The Bertz CT molecular complexity index is 1130. The molecule has 2 aromatic carbocycles. The predicted octanol–water partition coefficient (Wildman–Crippen LogP) is 3.30. The minimum atomic E-state index is -0.187. The van der Waals surface area contributed by atoms with Crippen LogP contribution in [-0.4, -0.2) is 15.5 Å². The summed E-state index contributed by atoms with van der Waals surface area (Å²) < 4.78 is 7.03. The molecule has 1 amide bonds. The maximum absolute atomic E-state index is 12.5. The number of oxazole rings is 1. The molecule has 0 unspecified atom stereocenters. The van der Waals surface area contributed by atoms with Gasteiger partial charge in [-0.2, -0.15) is 0 Å². The van der Waals surface area contributed by atoms with Crippen molar-refractivity contribution in [2.45, 2.75) is 6.54 Å². The topological polar surface area (TPSA) is 77.1 Å². The Kier molecular flexibility index (Phi) is 4.07. The quantitative estimate of drug-likeness (QED) is 0.616. The third kappa shape index (κ3) is 3.12.